The van der Waals surface area contributed by atoms with Gasteiger partial charge in [-0.05, 0) is 24.6 Å². The Morgan fingerprint density at radius 1 is 1.11 bits per heavy atom. The van der Waals surface area contributed by atoms with Crippen LogP contribution in [0.25, 0.3) is 0 Å². The number of hydrogen-bond donors (Lipinski definition) is 1. The van der Waals surface area contributed by atoms with E-state index in [-0.39, 0.29) is 0 Å². The van der Waals surface area contributed by atoms with Gasteiger partial charge in [0.1, 0.15) is 0 Å². The molecule has 1 aromatic heterocycles. The fourth-order valence-corrected chi connectivity index (χ4v) is 4.07. The molecule has 0 spiro atoms. The van der Waals surface area contributed by atoms with Crippen LogP contribution in [-0.2, 0) is 13.0 Å². The Morgan fingerprint density at radius 3 is 2.85 bits per heavy atom. The van der Waals surface area contributed by atoms with Gasteiger partial charge in [0.25, 0.3) is 0 Å². The molecule has 4 heterocycles. The first-order valence-corrected chi connectivity index (χ1v) is 9.72. The summed E-state index contributed by atoms with van der Waals surface area (Å²) in [4.78, 5) is 14.3. The Hall–Kier alpha value is -2.38. The topological polar surface area (TPSA) is 62.8 Å². The summed E-state index contributed by atoms with van der Waals surface area (Å²) in [6, 6.07) is 6.61. The highest BCUT2D eigenvalue weighted by Crippen LogP contribution is 2.35. The van der Waals surface area contributed by atoms with Crippen molar-refractivity contribution in [3.8, 4) is 11.5 Å². The van der Waals surface area contributed by atoms with Crippen LogP contribution < -0.4 is 19.7 Å². The van der Waals surface area contributed by atoms with Crippen molar-refractivity contribution in [3.05, 3.63) is 41.2 Å². The fraction of sp³-hybridized carbons (Fsp3) is 0.500. The Balaban J connectivity index is 1.25. The smallest absolute Gasteiger partial charge is 0.231 e. The van der Waals surface area contributed by atoms with Gasteiger partial charge in [0.2, 0.25) is 12.7 Å². The summed E-state index contributed by atoms with van der Waals surface area (Å²) in [5.41, 5.74) is 3.71. The number of hydrogen-bond acceptors (Lipinski definition) is 7. The molecular formula is C20H25N5O2. The summed E-state index contributed by atoms with van der Waals surface area (Å²) < 4.78 is 10.9. The summed E-state index contributed by atoms with van der Waals surface area (Å²) in [5.74, 6) is 2.58. The molecule has 0 saturated carbocycles. The largest absolute Gasteiger partial charge is 0.454 e. The zero-order chi connectivity index (χ0) is 18.2. The minimum atomic E-state index is 0.322. The molecule has 1 unspecified atom stereocenters. The number of ether oxygens (including phenoxy) is 2. The van der Waals surface area contributed by atoms with Gasteiger partial charge in [-0.25, -0.2) is 9.97 Å². The molecule has 3 aliphatic heterocycles. The number of piperazine rings is 1. The van der Waals surface area contributed by atoms with E-state index >= 15 is 0 Å². The molecule has 7 heteroatoms. The average molecular weight is 367 g/mol. The van der Waals surface area contributed by atoms with E-state index in [1.807, 2.05) is 12.3 Å². The van der Waals surface area contributed by atoms with E-state index in [9.17, 15) is 0 Å². The summed E-state index contributed by atoms with van der Waals surface area (Å²) in [6.07, 6.45) is 2.98. The maximum atomic E-state index is 5.53. The second kappa shape index (κ2) is 6.98. The molecule has 7 nitrogen and oxygen atoms in total. The van der Waals surface area contributed by atoms with Gasteiger partial charge in [0.15, 0.2) is 11.5 Å². The van der Waals surface area contributed by atoms with Crippen molar-refractivity contribution in [1.29, 1.82) is 0 Å². The molecule has 27 heavy (non-hydrogen) atoms. The minimum Gasteiger partial charge on any atom is -0.454 e. The zero-order valence-electron chi connectivity index (χ0n) is 15.6. The molecule has 1 saturated heterocycles. The Kier molecular flexibility index (Phi) is 4.33. The van der Waals surface area contributed by atoms with Crippen LogP contribution in [0.1, 0.15) is 29.8 Å². The lowest BCUT2D eigenvalue weighted by Crippen LogP contribution is -2.47. The second-order valence-electron chi connectivity index (χ2n) is 7.38. The third-order valence-electron chi connectivity index (χ3n) is 5.82. The lowest BCUT2D eigenvalue weighted by Gasteiger charge is -2.38. The quantitative estimate of drug-likeness (QED) is 0.886. The number of rotatable bonds is 3. The molecule has 0 radical (unpaired) electrons. The molecule has 0 bridgehead atoms. The molecule has 0 aliphatic carbocycles. The van der Waals surface area contributed by atoms with Crippen molar-refractivity contribution < 1.29 is 9.47 Å². The zero-order valence-corrected chi connectivity index (χ0v) is 15.6. The van der Waals surface area contributed by atoms with Gasteiger partial charge in [0.05, 0.1) is 5.69 Å². The van der Waals surface area contributed by atoms with Gasteiger partial charge < -0.3 is 19.7 Å². The van der Waals surface area contributed by atoms with E-state index in [2.05, 4.69) is 39.2 Å². The molecule has 3 aliphatic rings. The van der Waals surface area contributed by atoms with E-state index in [0.717, 1.165) is 63.1 Å². The fourth-order valence-electron chi connectivity index (χ4n) is 4.07. The maximum Gasteiger partial charge on any atom is 0.231 e. The first kappa shape index (κ1) is 16.8. The summed E-state index contributed by atoms with van der Waals surface area (Å²) in [7, 11) is 0. The standard InChI is InChI=1S/C20H25N5O2/c1-14(15-2-3-18-19(10-15)27-13-26-18)24-6-8-25(9-7-24)20-22-12-16-11-21-5-4-17(16)23-20/h2-3,10,12,14,21H,4-9,11,13H2,1H3. The predicted octanol–water partition coefficient (Wildman–Crippen LogP) is 1.73. The van der Waals surface area contributed by atoms with Crippen LogP contribution in [0.15, 0.2) is 24.4 Å². The van der Waals surface area contributed by atoms with E-state index in [0.29, 0.717) is 12.8 Å². The number of aromatic nitrogens is 2. The third kappa shape index (κ3) is 3.21. The molecule has 142 valence electrons. The number of nitrogens with one attached hydrogen (secondary N) is 1. The third-order valence-corrected chi connectivity index (χ3v) is 5.82. The Bertz CT molecular complexity index is 835. The number of anilines is 1. The van der Waals surface area contributed by atoms with Gasteiger partial charge in [0, 0.05) is 63.5 Å². The van der Waals surface area contributed by atoms with Crippen LogP contribution in [0, 0.1) is 0 Å². The molecule has 1 N–H and O–H groups in total. The minimum absolute atomic E-state index is 0.322. The number of nitrogens with zero attached hydrogens (tertiary/aromatic N) is 4. The first-order chi connectivity index (χ1) is 13.3. The number of benzene rings is 1. The maximum absolute atomic E-state index is 5.53. The van der Waals surface area contributed by atoms with Gasteiger partial charge in [-0.2, -0.15) is 0 Å². The normalized spacial score (nSPS) is 20.4. The van der Waals surface area contributed by atoms with E-state index in [1.54, 1.807) is 0 Å². The number of fused-ring (bicyclic) bond motifs is 2. The lowest BCUT2D eigenvalue weighted by atomic mass is 10.1. The van der Waals surface area contributed by atoms with Crippen molar-refractivity contribution in [3.63, 3.8) is 0 Å². The van der Waals surface area contributed by atoms with Crippen molar-refractivity contribution >= 4 is 5.95 Å². The molecule has 0 amide bonds. The molecule has 1 aromatic carbocycles. The summed E-state index contributed by atoms with van der Waals surface area (Å²) in [6.45, 7) is 8.37. The summed E-state index contributed by atoms with van der Waals surface area (Å²) >= 11 is 0. The van der Waals surface area contributed by atoms with Crippen LogP contribution in [0.2, 0.25) is 0 Å². The SMILES string of the molecule is CC(c1ccc2c(c1)OCO2)N1CCN(c2ncc3c(n2)CCNC3)CC1. The van der Waals surface area contributed by atoms with Crippen LogP contribution >= 0.6 is 0 Å². The van der Waals surface area contributed by atoms with Crippen molar-refractivity contribution in [2.45, 2.75) is 25.9 Å². The van der Waals surface area contributed by atoms with Gasteiger partial charge >= 0.3 is 0 Å². The molecule has 2 aromatic rings. The van der Waals surface area contributed by atoms with Crippen molar-refractivity contribution in [2.24, 2.45) is 0 Å². The average Bonchev–Trinajstić information content (AvgIpc) is 3.21. The van der Waals surface area contributed by atoms with Crippen LogP contribution in [0.4, 0.5) is 5.95 Å². The second-order valence-corrected chi connectivity index (χ2v) is 7.38. The predicted molar refractivity (Wildman–Crippen MR) is 102 cm³/mol. The van der Waals surface area contributed by atoms with Crippen LogP contribution in [0.3, 0.4) is 0 Å². The molecule has 1 fully saturated rings. The Morgan fingerprint density at radius 2 is 1.96 bits per heavy atom. The van der Waals surface area contributed by atoms with E-state index in [4.69, 9.17) is 14.5 Å². The van der Waals surface area contributed by atoms with Gasteiger partial charge in [-0.15, -0.1) is 0 Å². The van der Waals surface area contributed by atoms with Gasteiger partial charge in [-0.1, -0.05) is 6.07 Å². The summed E-state index contributed by atoms with van der Waals surface area (Å²) in [5, 5.41) is 3.37. The highest BCUT2D eigenvalue weighted by molar-refractivity contribution is 5.45. The van der Waals surface area contributed by atoms with Crippen molar-refractivity contribution in [2.75, 3.05) is 44.4 Å². The highest BCUT2D eigenvalue weighted by atomic mass is 16.7. The van der Waals surface area contributed by atoms with Crippen LogP contribution in [0.5, 0.6) is 11.5 Å². The Labute approximate surface area is 159 Å². The van der Waals surface area contributed by atoms with E-state index < -0.39 is 0 Å². The highest BCUT2D eigenvalue weighted by Gasteiger charge is 2.25. The first-order valence-electron chi connectivity index (χ1n) is 9.72. The molecule has 5 rings (SSSR count). The monoisotopic (exact) mass is 367 g/mol. The van der Waals surface area contributed by atoms with Crippen LogP contribution in [-0.4, -0.2) is 54.4 Å². The van der Waals surface area contributed by atoms with Crippen molar-refractivity contribution in [1.82, 2.24) is 20.2 Å². The molecule has 1 atom stereocenters. The van der Waals surface area contributed by atoms with E-state index in [1.165, 1.54) is 16.8 Å². The van der Waals surface area contributed by atoms with Gasteiger partial charge in [-0.3, -0.25) is 4.90 Å². The lowest BCUT2D eigenvalue weighted by molar-refractivity contribution is 0.173. The molecular weight excluding hydrogens is 342 g/mol.